The van der Waals surface area contributed by atoms with Crippen molar-refractivity contribution in [3.63, 3.8) is 0 Å². The van der Waals surface area contributed by atoms with Crippen molar-refractivity contribution in [2.24, 2.45) is 5.41 Å². The zero-order chi connectivity index (χ0) is 16.7. The van der Waals surface area contributed by atoms with Gasteiger partial charge in [0.25, 0.3) is 0 Å². The first-order valence-corrected chi connectivity index (χ1v) is 7.90. The number of pyridine rings is 1. The minimum atomic E-state index is -0.739. The Morgan fingerprint density at radius 1 is 1.13 bits per heavy atom. The summed E-state index contributed by atoms with van der Waals surface area (Å²) in [5.41, 5.74) is 2.70. The van der Waals surface area contributed by atoms with Crippen LogP contribution in [0.2, 0.25) is 0 Å². The molecule has 0 saturated carbocycles. The maximum absolute atomic E-state index is 11.2. The van der Waals surface area contributed by atoms with Crippen LogP contribution in [-0.4, -0.2) is 16.1 Å². The number of aromatic nitrogens is 1. The monoisotopic (exact) mass is 309 g/mol. The van der Waals surface area contributed by atoms with E-state index in [-0.39, 0.29) is 0 Å². The highest BCUT2D eigenvalue weighted by Crippen LogP contribution is 2.26. The number of aliphatic carboxylic acids is 1. The number of carbonyl (C=O) groups is 1. The Labute approximate surface area is 137 Å². The first-order chi connectivity index (χ1) is 11.0. The molecule has 23 heavy (non-hydrogen) atoms. The van der Waals surface area contributed by atoms with Crippen molar-refractivity contribution < 1.29 is 9.90 Å². The molecule has 0 aliphatic rings. The summed E-state index contributed by atoms with van der Waals surface area (Å²) < 4.78 is 0. The van der Waals surface area contributed by atoms with Crippen LogP contribution in [0.3, 0.4) is 0 Å². The molecule has 2 aromatic rings. The minimum absolute atomic E-state index is 0.661. The summed E-state index contributed by atoms with van der Waals surface area (Å²) in [6, 6.07) is 14.2. The summed E-state index contributed by atoms with van der Waals surface area (Å²) in [4.78, 5) is 15.4. The Kier molecular flexibility index (Phi) is 5.69. The molecule has 0 aliphatic heterocycles. The van der Waals surface area contributed by atoms with Crippen molar-refractivity contribution >= 4 is 11.5 Å². The van der Waals surface area contributed by atoms with Crippen LogP contribution >= 0.6 is 0 Å². The van der Waals surface area contributed by atoms with Gasteiger partial charge in [-0.25, -0.2) is 0 Å². The SMILES string of the molecule is CC(C)(CCC/C=C(/c1ccccc1)c1cccnc1)C(=O)O. The smallest absolute Gasteiger partial charge is 0.309 e. The van der Waals surface area contributed by atoms with E-state index in [9.17, 15) is 9.90 Å². The molecular formula is C20H23NO2. The van der Waals surface area contributed by atoms with E-state index in [1.807, 2.05) is 36.5 Å². The number of hydrogen-bond donors (Lipinski definition) is 1. The lowest BCUT2D eigenvalue weighted by Crippen LogP contribution is -2.23. The number of carboxylic acid groups (broad SMARTS) is 1. The van der Waals surface area contributed by atoms with Crippen LogP contribution in [0.4, 0.5) is 0 Å². The highest BCUT2D eigenvalue weighted by Gasteiger charge is 2.25. The third-order valence-corrected chi connectivity index (χ3v) is 3.99. The van der Waals surface area contributed by atoms with Gasteiger partial charge in [-0.05, 0) is 50.3 Å². The predicted molar refractivity (Wildman–Crippen MR) is 93.0 cm³/mol. The third-order valence-electron chi connectivity index (χ3n) is 3.99. The molecule has 3 nitrogen and oxygen atoms in total. The van der Waals surface area contributed by atoms with Gasteiger partial charge in [0.05, 0.1) is 5.41 Å². The second kappa shape index (κ2) is 7.73. The van der Waals surface area contributed by atoms with Gasteiger partial charge < -0.3 is 5.11 Å². The standard InChI is InChI=1S/C20H23NO2/c1-20(2,19(22)23)13-7-6-12-18(16-9-4-3-5-10-16)17-11-8-14-21-15-17/h3-5,8-12,14-15H,6-7,13H2,1-2H3,(H,22,23)/b18-12-. The van der Waals surface area contributed by atoms with Crippen LogP contribution < -0.4 is 0 Å². The zero-order valence-corrected chi connectivity index (χ0v) is 13.7. The van der Waals surface area contributed by atoms with E-state index in [4.69, 9.17) is 0 Å². The maximum atomic E-state index is 11.2. The summed E-state index contributed by atoms with van der Waals surface area (Å²) in [7, 11) is 0. The van der Waals surface area contributed by atoms with E-state index in [0.29, 0.717) is 6.42 Å². The summed E-state index contributed by atoms with van der Waals surface area (Å²) in [6.07, 6.45) is 8.16. The van der Waals surface area contributed by atoms with E-state index in [1.165, 1.54) is 0 Å². The minimum Gasteiger partial charge on any atom is -0.481 e. The van der Waals surface area contributed by atoms with Gasteiger partial charge in [-0.1, -0.05) is 42.5 Å². The van der Waals surface area contributed by atoms with Crippen LogP contribution in [0.5, 0.6) is 0 Å². The predicted octanol–water partition coefficient (Wildman–Crippen LogP) is 4.79. The molecule has 3 heteroatoms. The van der Waals surface area contributed by atoms with Gasteiger partial charge in [0.1, 0.15) is 0 Å². The topological polar surface area (TPSA) is 50.2 Å². The third kappa shape index (κ3) is 4.78. The number of unbranched alkanes of at least 4 members (excludes halogenated alkanes) is 1. The molecular weight excluding hydrogens is 286 g/mol. The first-order valence-electron chi connectivity index (χ1n) is 7.90. The quantitative estimate of drug-likeness (QED) is 0.748. The molecule has 1 aromatic heterocycles. The van der Waals surface area contributed by atoms with Crippen LogP contribution in [0, 0.1) is 5.41 Å². The van der Waals surface area contributed by atoms with E-state index >= 15 is 0 Å². The molecule has 0 amide bonds. The summed E-state index contributed by atoms with van der Waals surface area (Å²) >= 11 is 0. The van der Waals surface area contributed by atoms with E-state index < -0.39 is 11.4 Å². The Morgan fingerprint density at radius 2 is 1.83 bits per heavy atom. The average molecular weight is 309 g/mol. The van der Waals surface area contributed by atoms with Crippen molar-refractivity contribution in [3.05, 3.63) is 72.1 Å². The second-order valence-electron chi connectivity index (χ2n) is 6.31. The highest BCUT2D eigenvalue weighted by molar-refractivity contribution is 5.79. The summed E-state index contributed by atoms with van der Waals surface area (Å²) in [5, 5.41) is 9.18. The zero-order valence-electron chi connectivity index (χ0n) is 13.7. The molecule has 120 valence electrons. The molecule has 1 aromatic carbocycles. The van der Waals surface area contributed by atoms with Crippen molar-refractivity contribution in [2.45, 2.75) is 33.1 Å². The summed E-state index contributed by atoms with van der Waals surface area (Å²) in [5.74, 6) is -0.739. The van der Waals surface area contributed by atoms with E-state index in [1.54, 1.807) is 20.0 Å². The Balaban J connectivity index is 2.14. The van der Waals surface area contributed by atoms with Crippen LogP contribution in [-0.2, 0) is 4.79 Å². The first kappa shape index (κ1) is 16.9. The van der Waals surface area contributed by atoms with Crippen molar-refractivity contribution in [1.29, 1.82) is 0 Å². The lowest BCUT2D eigenvalue weighted by molar-refractivity contribution is -0.147. The fraction of sp³-hybridized carbons (Fsp3) is 0.300. The Hall–Kier alpha value is -2.42. The van der Waals surface area contributed by atoms with E-state index in [2.05, 4.69) is 23.2 Å². The molecule has 0 bridgehead atoms. The number of nitrogens with zero attached hydrogens (tertiary/aromatic N) is 1. The number of benzene rings is 1. The largest absolute Gasteiger partial charge is 0.481 e. The number of carboxylic acids is 1. The van der Waals surface area contributed by atoms with Gasteiger partial charge in [0.15, 0.2) is 0 Å². The van der Waals surface area contributed by atoms with Crippen LogP contribution in [0.15, 0.2) is 60.9 Å². The molecule has 0 radical (unpaired) electrons. The molecule has 0 saturated heterocycles. The maximum Gasteiger partial charge on any atom is 0.309 e. The van der Waals surface area contributed by atoms with Gasteiger partial charge in [-0.2, -0.15) is 0 Å². The number of rotatable bonds is 7. The fourth-order valence-corrected chi connectivity index (χ4v) is 2.44. The summed E-state index contributed by atoms with van der Waals surface area (Å²) in [6.45, 7) is 3.55. The number of hydrogen-bond acceptors (Lipinski definition) is 2. The van der Waals surface area contributed by atoms with Gasteiger partial charge in [0.2, 0.25) is 0 Å². The molecule has 0 unspecified atom stereocenters. The van der Waals surface area contributed by atoms with E-state index in [0.717, 1.165) is 29.5 Å². The Morgan fingerprint density at radius 3 is 2.43 bits per heavy atom. The lowest BCUT2D eigenvalue weighted by atomic mass is 9.87. The fourth-order valence-electron chi connectivity index (χ4n) is 2.44. The molecule has 1 heterocycles. The molecule has 0 aliphatic carbocycles. The van der Waals surface area contributed by atoms with Crippen LogP contribution in [0.1, 0.15) is 44.2 Å². The van der Waals surface area contributed by atoms with Crippen molar-refractivity contribution in [3.8, 4) is 0 Å². The van der Waals surface area contributed by atoms with Gasteiger partial charge in [-0.15, -0.1) is 0 Å². The normalized spacial score (nSPS) is 12.2. The van der Waals surface area contributed by atoms with Gasteiger partial charge >= 0.3 is 5.97 Å². The Bertz CT molecular complexity index is 619. The lowest BCUT2D eigenvalue weighted by Gasteiger charge is -2.18. The molecule has 1 N–H and O–H groups in total. The molecule has 2 rings (SSSR count). The highest BCUT2D eigenvalue weighted by atomic mass is 16.4. The van der Waals surface area contributed by atoms with Gasteiger partial charge in [-0.3, -0.25) is 9.78 Å². The second-order valence-corrected chi connectivity index (χ2v) is 6.31. The van der Waals surface area contributed by atoms with Gasteiger partial charge in [0, 0.05) is 18.0 Å². The van der Waals surface area contributed by atoms with Crippen molar-refractivity contribution in [2.75, 3.05) is 0 Å². The molecule has 0 atom stereocenters. The average Bonchev–Trinajstić information content (AvgIpc) is 2.56. The van der Waals surface area contributed by atoms with Crippen molar-refractivity contribution in [1.82, 2.24) is 4.98 Å². The number of allylic oxidation sites excluding steroid dienone is 1. The molecule has 0 fully saturated rings. The molecule has 0 spiro atoms. The van der Waals surface area contributed by atoms with Crippen LogP contribution in [0.25, 0.3) is 5.57 Å².